The Morgan fingerprint density at radius 2 is 2.32 bits per heavy atom. The molecule has 132 valence electrons. The number of ether oxygens (including phenoxy) is 2. The topological polar surface area (TPSA) is 97.8 Å². The summed E-state index contributed by atoms with van der Waals surface area (Å²) in [5.41, 5.74) is -0.212. The van der Waals surface area contributed by atoms with Crippen LogP contribution in [0.25, 0.3) is 0 Å². The minimum atomic E-state index is -1.37. The molecular formula is C17H18N2O5S. The number of aromatic nitrogens is 1. The Balaban J connectivity index is 1.68. The van der Waals surface area contributed by atoms with Gasteiger partial charge in [-0.25, -0.2) is 9.78 Å². The minimum Gasteiger partial charge on any atom is -0.487 e. The van der Waals surface area contributed by atoms with Crippen LogP contribution in [0.2, 0.25) is 0 Å². The maximum Gasteiger partial charge on any atom is 0.331 e. The number of aryl methyl sites for hydroxylation is 1. The first-order valence-electron chi connectivity index (χ1n) is 7.76. The second kappa shape index (κ2) is 7.20. The summed E-state index contributed by atoms with van der Waals surface area (Å²) < 4.78 is 10.8. The van der Waals surface area contributed by atoms with Crippen molar-refractivity contribution < 1.29 is 24.2 Å². The fourth-order valence-electron chi connectivity index (χ4n) is 2.53. The SMILES string of the molecule is Cc1nc(COc2cccc(C(=O)NC3(C(=O)O)CCOC3)c2)cs1. The van der Waals surface area contributed by atoms with Crippen LogP contribution < -0.4 is 10.1 Å². The van der Waals surface area contributed by atoms with Crippen molar-refractivity contribution in [1.29, 1.82) is 0 Å². The van der Waals surface area contributed by atoms with Crippen LogP contribution in [-0.2, 0) is 16.1 Å². The molecule has 1 saturated heterocycles. The van der Waals surface area contributed by atoms with E-state index in [4.69, 9.17) is 9.47 Å². The molecule has 0 saturated carbocycles. The average molecular weight is 362 g/mol. The molecule has 3 rings (SSSR count). The van der Waals surface area contributed by atoms with Gasteiger partial charge in [0.1, 0.15) is 12.4 Å². The number of benzene rings is 1. The van der Waals surface area contributed by atoms with E-state index in [2.05, 4.69) is 10.3 Å². The zero-order valence-corrected chi connectivity index (χ0v) is 14.5. The standard InChI is InChI=1S/C17H18N2O5S/c1-11-18-13(9-25-11)8-24-14-4-2-3-12(7-14)15(20)19-17(16(21)22)5-6-23-10-17/h2-4,7,9H,5-6,8,10H2,1H3,(H,19,20)(H,21,22). The summed E-state index contributed by atoms with van der Waals surface area (Å²) in [4.78, 5) is 28.3. The summed E-state index contributed by atoms with van der Waals surface area (Å²) in [6.45, 7) is 2.50. The van der Waals surface area contributed by atoms with Crippen LogP contribution in [0.5, 0.6) is 5.75 Å². The van der Waals surface area contributed by atoms with E-state index in [1.165, 1.54) is 0 Å². The monoisotopic (exact) mass is 362 g/mol. The van der Waals surface area contributed by atoms with Crippen molar-refractivity contribution in [3.63, 3.8) is 0 Å². The lowest BCUT2D eigenvalue weighted by Crippen LogP contribution is -2.55. The molecule has 0 aliphatic carbocycles. The first-order chi connectivity index (χ1) is 12.0. The van der Waals surface area contributed by atoms with Crippen molar-refractivity contribution in [1.82, 2.24) is 10.3 Å². The molecule has 25 heavy (non-hydrogen) atoms. The third-order valence-electron chi connectivity index (χ3n) is 3.93. The van der Waals surface area contributed by atoms with Crippen LogP contribution in [-0.4, -0.2) is 40.7 Å². The average Bonchev–Trinajstić information content (AvgIpc) is 3.23. The second-order valence-corrected chi connectivity index (χ2v) is 6.88. The molecule has 0 radical (unpaired) electrons. The van der Waals surface area contributed by atoms with E-state index in [1.807, 2.05) is 12.3 Å². The molecule has 0 spiro atoms. The normalized spacial score (nSPS) is 19.6. The van der Waals surface area contributed by atoms with Gasteiger partial charge in [-0.05, 0) is 25.1 Å². The largest absolute Gasteiger partial charge is 0.487 e. The first-order valence-corrected chi connectivity index (χ1v) is 8.64. The minimum absolute atomic E-state index is 0.0343. The molecule has 2 aromatic rings. The van der Waals surface area contributed by atoms with Crippen molar-refractivity contribution in [2.75, 3.05) is 13.2 Å². The van der Waals surface area contributed by atoms with E-state index in [9.17, 15) is 14.7 Å². The van der Waals surface area contributed by atoms with Crippen LogP contribution in [0.1, 0.15) is 27.5 Å². The zero-order valence-electron chi connectivity index (χ0n) is 13.7. The summed E-state index contributed by atoms with van der Waals surface area (Å²) in [6, 6.07) is 6.62. The highest BCUT2D eigenvalue weighted by Gasteiger charge is 2.44. The fraction of sp³-hybridized carbons (Fsp3) is 0.353. The second-order valence-electron chi connectivity index (χ2n) is 5.82. The van der Waals surface area contributed by atoms with Gasteiger partial charge in [0.25, 0.3) is 5.91 Å². The third kappa shape index (κ3) is 3.97. The van der Waals surface area contributed by atoms with Crippen molar-refractivity contribution in [3.8, 4) is 5.75 Å². The zero-order chi connectivity index (χ0) is 17.9. The smallest absolute Gasteiger partial charge is 0.331 e. The molecule has 8 heteroatoms. The molecule has 1 fully saturated rings. The number of aliphatic carboxylic acids is 1. The molecule has 7 nitrogen and oxygen atoms in total. The summed E-state index contributed by atoms with van der Waals surface area (Å²) in [7, 11) is 0. The summed E-state index contributed by atoms with van der Waals surface area (Å²) in [5, 5.41) is 14.9. The van der Waals surface area contributed by atoms with Crippen LogP contribution in [0.3, 0.4) is 0 Å². The number of carbonyl (C=O) groups is 2. The molecule has 1 aromatic carbocycles. The number of nitrogens with zero attached hydrogens (tertiary/aromatic N) is 1. The number of amides is 1. The molecule has 1 amide bonds. The van der Waals surface area contributed by atoms with Crippen molar-refractivity contribution in [3.05, 3.63) is 45.9 Å². The molecule has 1 atom stereocenters. The maximum absolute atomic E-state index is 12.4. The first kappa shape index (κ1) is 17.4. The molecule has 2 N–H and O–H groups in total. The third-order valence-corrected chi connectivity index (χ3v) is 4.76. The summed E-state index contributed by atoms with van der Waals surface area (Å²) >= 11 is 1.54. The fourth-order valence-corrected chi connectivity index (χ4v) is 3.13. The Kier molecular flexibility index (Phi) is 5.00. The number of thiazole rings is 1. The van der Waals surface area contributed by atoms with Crippen molar-refractivity contribution in [2.45, 2.75) is 25.5 Å². The molecule has 2 heterocycles. The lowest BCUT2D eigenvalue weighted by molar-refractivity contribution is -0.144. The number of nitrogens with one attached hydrogen (secondary N) is 1. The van der Waals surface area contributed by atoms with Crippen LogP contribution in [0.15, 0.2) is 29.6 Å². The Labute approximate surface area is 148 Å². The van der Waals surface area contributed by atoms with Gasteiger partial charge in [-0.15, -0.1) is 11.3 Å². The molecular weight excluding hydrogens is 344 g/mol. The lowest BCUT2D eigenvalue weighted by Gasteiger charge is -2.23. The van der Waals surface area contributed by atoms with Gasteiger partial charge >= 0.3 is 5.97 Å². The van der Waals surface area contributed by atoms with E-state index in [1.54, 1.807) is 35.6 Å². The van der Waals surface area contributed by atoms with Gasteiger partial charge in [0.15, 0.2) is 5.54 Å². The van der Waals surface area contributed by atoms with Crippen molar-refractivity contribution >= 4 is 23.2 Å². The quantitative estimate of drug-likeness (QED) is 0.816. The van der Waals surface area contributed by atoms with Gasteiger partial charge in [-0.2, -0.15) is 0 Å². The van der Waals surface area contributed by atoms with Crippen LogP contribution in [0, 0.1) is 6.92 Å². The number of carboxylic acid groups (broad SMARTS) is 1. The predicted octanol–water partition coefficient (Wildman–Crippen LogP) is 2.00. The predicted molar refractivity (Wildman–Crippen MR) is 90.9 cm³/mol. The highest BCUT2D eigenvalue weighted by Crippen LogP contribution is 2.21. The van der Waals surface area contributed by atoms with Gasteiger partial charge in [-0.3, -0.25) is 4.79 Å². The van der Waals surface area contributed by atoms with Gasteiger partial charge < -0.3 is 19.9 Å². The lowest BCUT2D eigenvalue weighted by atomic mass is 9.98. The highest BCUT2D eigenvalue weighted by molar-refractivity contribution is 7.09. The van der Waals surface area contributed by atoms with E-state index in [0.29, 0.717) is 24.5 Å². The number of rotatable bonds is 6. The van der Waals surface area contributed by atoms with Crippen molar-refractivity contribution in [2.24, 2.45) is 0 Å². The summed E-state index contributed by atoms with van der Waals surface area (Å²) in [6.07, 6.45) is 0.243. The van der Waals surface area contributed by atoms with Crippen LogP contribution >= 0.6 is 11.3 Å². The molecule has 1 aromatic heterocycles. The number of hydrogen-bond acceptors (Lipinski definition) is 6. The highest BCUT2D eigenvalue weighted by atomic mass is 32.1. The van der Waals surface area contributed by atoms with E-state index in [0.717, 1.165) is 10.7 Å². The van der Waals surface area contributed by atoms with E-state index in [-0.39, 0.29) is 13.0 Å². The van der Waals surface area contributed by atoms with Crippen LogP contribution in [0.4, 0.5) is 0 Å². The Morgan fingerprint density at radius 3 is 2.96 bits per heavy atom. The molecule has 1 unspecified atom stereocenters. The van der Waals surface area contributed by atoms with E-state index < -0.39 is 17.4 Å². The van der Waals surface area contributed by atoms with E-state index >= 15 is 0 Å². The Bertz CT molecular complexity index is 783. The van der Waals surface area contributed by atoms with Gasteiger partial charge in [0, 0.05) is 24.0 Å². The number of hydrogen-bond donors (Lipinski definition) is 2. The molecule has 1 aliphatic rings. The maximum atomic E-state index is 12.4. The number of carbonyl (C=O) groups excluding carboxylic acids is 1. The van der Waals surface area contributed by atoms with Gasteiger partial charge in [-0.1, -0.05) is 6.07 Å². The Hall–Kier alpha value is -2.45. The Morgan fingerprint density at radius 1 is 1.48 bits per heavy atom. The van der Waals surface area contributed by atoms with Gasteiger partial charge in [0.2, 0.25) is 0 Å². The number of carboxylic acids is 1. The van der Waals surface area contributed by atoms with Gasteiger partial charge in [0.05, 0.1) is 17.3 Å². The molecule has 1 aliphatic heterocycles. The molecule has 0 bridgehead atoms. The summed E-state index contributed by atoms with van der Waals surface area (Å²) in [5.74, 6) is -1.04.